The molecule has 0 aromatic rings. The minimum absolute atomic E-state index is 0.0266. The maximum atomic E-state index is 11.3. The second-order valence-corrected chi connectivity index (χ2v) is 3.65. The third kappa shape index (κ3) is 3.57. The first-order valence-electron chi connectivity index (χ1n) is 4.81. The quantitative estimate of drug-likeness (QED) is 0.493. The van der Waals surface area contributed by atoms with Crippen molar-refractivity contribution in [1.29, 1.82) is 0 Å². The molecule has 0 bridgehead atoms. The van der Waals surface area contributed by atoms with Gasteiger partial charge >= 0.3 is 5.97 Å². The number of hydrogen-bond donors (Lipinski definition) is 0. The lowest BCUT2D eigenvalue weighted by molar-refractivity contribution is -0.143. The Hall–Kier alpha value is -0.860. The number of carbonyl (C=O) groups excluding carboxylic acids is 2. The minimum Gasteiger partial charge on any atom is -0.469 e. The number of methoxy groups -OCH3 is 1. The van der Waals surface area contributed by atoms with Gasteiger partial charge in [-0.1, -0.05) is 25.7 Å². The van der Waals surface area contributed by atoms with Crippen LogP contribution in [-0.2, 0) is 14.3 Å². The Morgan fingerprint density at radius 1 is 1.31 bits per heavy atom. The Labute approximate surface area is 78.5 Å². The largest absolute Gasteiger partial charge is 0.469 e. The van der Waals surface area contributed by atoms with E-state index in [9.17, 15) is 9.59 Å². The molecule has 0 aromatic carbocycles. The molecule has 0 spiro atoms. The number of rotatable bonds is 4. The summed E-state index contributed by atoms with van der Waals surface area (Å²) in [7, 11) is 1.31. The summed E-state index contributed by atoms with van der Waals surface area (Å²) in [6.45, 7) is 0. The summed E-state index contributed by atoms with van der Waals surface area (Å²) in [4.78, 5) is 22.0. The topological polar surface area (TPSA) is 43.4 Å². The van der Waals surface area contributed by atoms with Gasteiger partial charge in [-0.3, -0.25) is 9.59 Å². The molecule has 0 heterocycles. The fourth-order valence-electron chi connectivity index (χ4n) is 1.84. The van der Waals surface area contributed by atoms with Crippen LogP contribution in [0.3, 0.4) is 0 Å². The number of esters is 1. The third-order valence-electron chi connectivity index (χ3n) is 2.56. The molecule has 13 heavy (non-hydrogen) atoms. The SMILES string of the molecule is COC(=O)CC(=O)CC1CCCC1. The molecule has 0 unspecified atom stereocenters. The van der Waals surface area contributed by atoms with Gasteiger partial charge in [-0.25, -0.2) is 0 Å². The summed E-state index contributed by atoms with van der Waals surface area (Å²) in [5.74, 6) is 0.138. The fraction of sp³-hybridized carbons (Fsp3) is 0.800. The van der Waals surface area contributed by atoms with E-state index in [2.05, 4.69) is 4.74 Å². The zero-order valence-electron chi connectivity index (χ0n) is 8.04. The average molecular weight is 184 g/mol. The molecule has 0 saturated heterocycles. The van der Waals surface area contributed by atoms with Gasteiger partial charge in [0.1, 0.15) is 12.2 Å². The number of ketones is 1. The molecule has 1 fully saturated rings. The highest BCUT2D eigenvalue weighted by Crippen LogP contribution is 2.27. The van der Waals surface area contributed by atoms with Crippen LogP contribution in [0.25, 0.3) is 0 Å². The Kier molecular flexibility index (Phi) is 3.93. The van der Waals surface area contributed by atoms with Crippen molar-refractivity contribution in [3.8, 4) is 0 Å². The molecule has 1 aliphatic carbocycles. The molecular formula is C10H16O3. The van der Waals surface area contributed by atoms with E-state index in [1.54, 1.807) is 0 Å². The zero-order valence-corrected chi connectivity index (χ0v) is 8.04. The number of Topliss-reactive ketones (excluding diaryl/α,β-unsaturated/α-hetero) is 1. The Morgan fingerprint density at radius 3 is 2.46 bits per heavy atom. The van der Waals surface area contributed by atoms with Crippen molar-refractivity contribution >= 4 is 11.8 Å². The van der Waals surface area contributed by atoms with E-state index in [4.69, 9.17) is 0 Å². The van der Waals surface area contributed by atoms with Crippen LogP contribution < -0.4 is 0 Å². The first-order chi connectivity index (χ1) is 6.22. The lowest BCUT2D eigenvalue weighted by atomic mass is 10.00. The van der Waals surface area contributed by atoms with Gasteiger partial charge < -0.3 is 4.74 Å². The highest BCUT2D eigenvalue weighted by atomic mass is 16.5. The van der Waals surface area contributed by atoms with E-state index < -0.39 is 5.97 Å². The summed E-state index contributed by atoms with van der Waals surface area (Å²) in [6, 6.07) is 0. The monoisotopic (exact) mass is 184 g/mol. The fourth-order valence-corrected chi connectivity index (χ4v) is 1.84. The summed E-state index contributed by atoms with van der Waals surface area (Å²) in [6.07, 6.45) is 5.27. The van der Waals surface area contributed by atoms with Crippen molar-refractivity contribution in [2.75, 3.05) is 7.11 Å². The van der Waals surface area contributed by atoms with Crippen LogP contribution >= 0.6 is 0 Å². The molecule has 0 aliphatic heterocycles. The smallest absolute Gasteiger partial charge is 0.313 e. The molecule has 1 rings (SSSR count). The first kappa shape index (κ1) is 10.2. The molecule has 74 valence electrons. The normalized spacial score (nSPS) is 17.3. The number of carbonyl (C=O) groups is 2. The molecule has 1 saturated carbocycles. The van der Waals surface area contributed by atoms with Gasteiger partial charge in [0.15, 0.2) is 0 Å². The third-order valence-corrected chi connectivity index (χ3v) is 2.56. The van der Waals surface area contributed by atoms with E-state index in [0.29, 0.717) is 12.3 Å². The minimum atomic E-state index is -0.414. The molecule has 0 atom stereocenters. The summed E-state index contributed by atoms with van der Waals surface area (Å²) < 4.78 is 4.43. The van der Waals surface area contributed by atoms with Crippen LogP contribution in [0.15, 0.2) is 0 Å². The van der Waals surface area contributed by atoms with Crippen molar-refractivity contribution in [2.24, 2.45) is 5.92 Å². The maximum absolute atomic E-state index is 11.3. The first-order valence-corrected chi connectivity index (χ1v) is 4.81. The van der Waals surface area contributed by atoms with Crippen molar-refractivity contribution in [3.05, 3.63) is 0 Å². The van der Waals surface area contributed by atoms with Crippen LogP contribution in [0.4, 0.5) is 0 Å². The van der Waals surface area contributed by atoms with Crippen LogP contribution in [0.5, 0.6) is 0 Å². The van der Waals surface area contributed by atoms with Crippen molar-refractivity contribution in [1.82, 2.24) is 0 Å². The van der Waals surface area contributed by atoms with Crippen LogP contribution in [-0.4, -0.2) is 18.9 Å². The van der Waals surface area contributed by atoms with E-state index >= 15 is 0 Å². The van der Waals surface area contributed by atoms with Gasteiger partial charge in [-0.2, -0.15) is 0 Å². The average Bonchev–Trinajstić information content (AvgIpc) is 2.56. The Bertz CT molecular complexity index is 192. The molecule has 0 N–H and O–H groups in total. The second kappa shape index (κ2) is 5.00. The maximum Gasteiger partial charge on any atom is 0.313 e. The highest BCUT2D eigenvalue weighted by Gasteiger charge is 2.19. The highest BCUT2D eigenvalue weighted by molar-refractivity contribution is 5.95. The van der Waals surface area contributed by atoms with Crippen LogP contribution in [0, 0.1) is 5.92 Å². The molecule has 0 radical (unpaired) electrons. The predicted octanol–water partition coefficient (Wildman–Crippen LogP) is 1.70. The molecule has 3 heteroatoms. The molecule has 0 amide bonds. The van der Waals surface area contributed by atoms with Gasteiger partial charge in [0.2, 0.25) is 0 Å². The van der Waals surface area contributed by atoms with Crippen LogP contribution in [0.1, 0.15) is 38.5 Å². The van der Waals surface area contributed by atoms with E-state index in [-0.39, 0.29) is 12.2 Å². The predicted molar refractivity (Wildman–Crippen MR) is 48.2 cm³/mol. The van der Waals surface area contributed by atoms with Gasteiger partial charge in [0.05, 0.1) is 7.11 Å². The van der Waals surface area contributed by atoms with Crippen molar-refractivity contribution in [2.45, 2.75) is 38.5 Å². The van der Waals surface area contributed by atoms with E-state index in [1.165, 1.54) is 20.0 Å². The van der Waals surface area contributed by atoms with E-state index in [1.807, 2.05) is 0 Å². The van der Waals surface area contributed by atoms with Crippen molar-refractivity contribution in [3.63, 3.8) is 0 Å². The molecule has 0 aromatic heterocycles. The van der Waals surface area contributed by atoms with Crippen LogP contribution in [0.2, 0.25) is 0 Å². The van der Waals surface area contributed by atoms with Gasteiger partial charge in [-0.05, 0) is 5.92 Å². The zero-order chi connectivity index (χ0) is 9.68. The molecule has 1 aliphatic rings. The number of hydrogen-bond acceptors (Lipinski definition) is 3. The van der Waals surface area contributed by atoms with Gasteiger partial charge in [0, 0.05) is 6.42 Å². The Morgan fingerprint density at radius 2 is 1.92 bits per heavy atom. The Balaban J connectivity index is 2.20. The number of ether oxygens (including phenoxy) is 1. The van der Waals surface area contributed by atoms with Gasteiger partial charge in [-0.15, -0.1) is 0 Å². The lowest BCUT2D eigenvalue weighted by Crippen LogP contribution is -2.12. The van der Waals surface area contributed by atoms with Gasteiger partial charge in [0.25, 0.3) is 0 Å². The summed E-state index contributed by atoms with van der Waals surface area (Å²) in [5.41, 5.74) is 0. The molecular weight excluding hydrogens is 168 g/mol. The van der Waals surface area contributed by atoms with E-state index in [0.717, 1.165) is 12.8 Å². The second-order valence-electron chi connectivity index (χ2n) is 3.65. The summed E-state index contributed by atoms with van der Waals surface area (Å²) in [5, 5.41) is 0. The summed E-state index contributed by atoms with van der Waals surface area (Å²) >= 11 is 0. The lowest BCUT2D eigenvalue weighted by Gasteiger charge is -2.06. The standard InChI is InChI=1S/C10H16O3/c1-13-10(12)7-9(11)6-8-4-2-3-5-8/h8H,2-7H2,1H3. The molecule has 3 nitrogen and oxygen atoms in total. The van der Waals surface area contributed by atoms with Crippen molar-refractivity contribution < 1.29 is 14.3 Å².